The lowest BCUT2D eigenvalue weighted by molar-refractivity contribution is -0.147. The fraction of sp³-hybridized carbons (Fsp3) is 0.455. The lowest BCUT2D eigenvalue weighted by Crippen LogP contribution is -2.47. The molecule has 1 heterocycles. The fourth-order valence-corrected chi connectivity index (χ4v) is 1.38. The summed E-state index contributed by atoms with van der Waals surface area (Å²) in [6, 6.07) is -1.99. The molecule has 0 aliphatic carbocycles. The molecule has 1 rings (SSSR count). The maximum absolute atomic E-state index is 11.5. The first-order valence-electron chi connectivity index (χ1n) is 5.82. The number of ether oxygens (including phenoxy) is 1. The molecule has 0 aromatic carbocycles. The number of aliphatic carboxylic acids is 1. The van der Waals surface area contributed by atoms with E-state index in [-0.39, 0.29) is 0 Å². The van der Waals surface area contributed by atoms with Crippen molar-refractivity contribution < 1.29 is 24.2 Å². The molecule has 0 radical (unpaired) electrons. The minimum absolute atomic E-state index is 0.298. The highest BCUT2D eigenvalue weighted by Gasteiger charge is 2.23. The van der Waals surface area contributed by atoms with Crippen LogP contribution in [0.2, 0.25) is 0 Å². The number of esters is 1. The van der Waals surface area contributed by atoms with E-state index >= 15 is 0 Å². The molecule has 1 aromatic heterocycles. The van der Waals surface area contributed by atoms with Crippen LogP contribution in [0, 0.1) is 0 Å². The van der Waals surface area contributed by atoms with Crippen molar-refractivity contribution in [2.75, 3.05) is 13.7 Å². The van der Waals surface area contributed by atoms with Crippen molar-refractivity contribution in [3.8, 4) is 0 Å². The summed E-state index contributed by atoms with van der Waals surface area (Å²) >= 11 is 0. The van der Waals surface area contributed by atoms with Gasteiger partial charge >= 0.3 is 18.0 Å². The highest BCUT2D eigenvalue weighted by Crippen LogP contribution is 1.95. The van der Waals surface area contributed by atoms with Crippen LogP contribution in [0.5, 0.6) is 0 Å². The predicted octanol–water partition coefficient (Wildman–Crippen LogP) is -0.801. The van der Waals surface area contributed by atoms with Crippen molar-refractivity contribution in [3.63, 3.8) is 0 Å². The maximum Gasteiger partial charge on any atom is 0.326 e. The van der Waals surface area contributed by atoms with Crippen LogP contribution in [-0.4, -0.2) is 52.3 Å². The van der Waals surface area contributed by atoms with Gasteiger partial charge in [0.15, 0.2) is 0 Å². The summed E-state index contributed by atoms with van der Waals surface area (Å²) in [5.41, 5.74) is 0. The monoisotopic (exact) mass is 284 g/mol. The summed E-state index contributed by atoms with van der Waals surface area (Å²) in [5, 5.41) is 13.5. The maximum atomic E-state index is 11.5. The van der Waals surface area contributed by atoms with Crippen molar-refractivity contribution in [1.29, 1.82) is 0 Å². The Labute approximate surface area is 114 Å². The Bertz CT molecular complexity index is 459. The molecule has 110 valence electrons. The van der Waals surface area contributed by atoms with E-state index in [2.05, 4.69) is 20.4 Å². The van der Waals surface area contributed by atoms with Crippen molar-refractivity contribution in [3.05, 3.63) is 18.7 Å². The molecule has 9 nitrogen and oxygen atoms in total. The van der Waals surface area contributed by atoms with Gasteiger partial charge in [0.1, 0.15) is 6.04 Å². The first-order valence-corrected chi connectivity index (χ1v) is 5.82. The van der Waals surface area contributed by atoms with Crippen LogP contribution in [0.4, 0.5) is 4.79 Å². The summed E-state index contributed by atoms with van der Waals surface area (Å²) < 4.78 is 6.11. The van der Waals surface area contributed by atoms with Crippen molar-refractivity contribution >= 4 is 18.0 Å². The normalized spacial score (nSPS) is 11.4. The van der Waals surface area contributed by atoms with E-state index in [1.807, 2.05) is 0 Å². The summed E-state index contributed by atoms with van der Waals surface area (Å²) in [7, 11) is 1.15. The van der Waals surface area contributed by atoms with Crippen molar-refractivity contribution in [2.24, 2.45) is 0 Å². The fourth-order valence-electron chi connectivity index (χ4n) is 1.38. The number of nitrogens with one attached hydrogen (secondary N) is 2. The number of amides is 2. The van der Waals surface area contributed by atoms with Gasteiger partial charge in [0, 0.05) is 25.5 Å². The Hall–Kier alpha value is -2.58. The van der Waals surface area contributed by atoms with Gasteiger partial charge in [-0.05, 0) is 0 Å². The molecular formula is C11H16N4O5. The minimum atomic E-state index is -1.32. The Kier molecular flexibility index (Phi) is 6.01. The van der Waals surface area contributed by atoms with Crippen molar-refractivity contribution in [2.45, 2.75) is 19.0 Å². The second-order valence-electron chi connectivity index (χ2n) is 3.87. The van der Waals surface area contributed by atoms with Gasteiger partial charge in [0.2, 0.25) is 0 Å². The molecule has 0 spiro atoms. The molecule has 0 unspecified atom stereocenters. The first-order chi connectivity index (χ1) is 9.52. The lowest BCUT2D eigenvalue weighted by atomic mass is 10.2. The minimum Gasteiger partial charge on any atom is -0.480 e. The Morgan fingerprint density at radius 3 is 2.75 bits per heavy atom. The van der Waals surface area contributed by atoms with Crippen LogP contribution in [0.25, 0.3) is 0 Å². The molecule has 2 amide bonds. The highest BCUT2D eigenvalue weighted by atomic mass is 16.5. The molecule has 1 aromatic rings. The van der Waals surface area contributed by atoms with Gasteiger partial charge in [-0.1, -0.05) is 0 Å². The van der Waals surface area contributed by atoms with Crippen LogP contribution in [-0.2, 0) is 20.9 Å². The van der Waals surface area contributed by atoms with E-state index in [4.69, 9.17) is 5.11 Å². The number of hydrogen-bond donors (Lipinski definition) is 3. The van der Waals surface area contributed by atoms with Crippen LogP contribution in [0.1, 0.15) is 6.42 Å². The summed E-state index contributed by atoms with van der Waals surface area (Å²) in [4.78, 5) is 37.2. The third kappa shape index (κ3) is 5.38. The smallest absolute Gasteiger partial charge is 0.326 e. The van der Waals surface area contributed by atoms with E-state index in [0.29, 0.717) is 13.1 Å². The zero-order valence-electron chi connectivity index (χ0n) is 10.9. The zero-order chi connectivity index (χ0) is 15.0. The topological polar surface area (TPSA) is 123 Å². The van der Waals surface area contributed by atoms with Gasteiger partial charge in [0.25, 0.3) is 0 Å². The van der Waals surface area contributed by atoms with Crippen LogP contribution in [0.3, 0.4) is 0 Å². The van der Waals surface area contributed by atoms with E-state index < -0.39 is 30.4 Å². The lowest BCUT2D eigenvalue weighted by Gasteiger charge is -2.14. The molecule has 0 saturated carbocycles. The average molecular weight is 284 g/mol. The molecule has 3 N–H and O–H groups in total. The van der Waals surface area contributed by atoms with E-state index in [1.165, 1.54) is 0 Å². The van der Waals surface area contributed by atoms with Crippen molar-refractivity contribution in [1.82, 2.24) is 20.2 Å². The van der Waals surface area contributed by atoms with Gasteiger partial charge < -0.3 is 25.0 Å². The average Bonchev–Trinajstić information content (AvgIpc) is 2.90. The third-order valence-corrected chi connectivity index (χ3v) is 2.42. The van der Waals surface area contributed by atoms with Gasteiger partial charge in [0.05, 0.1) is 19.9 Å². The molecule has 0 aliphatic rings. The summed E-state index contributed by atoms with van der Waals surface area (Å²) in [6.07, 6.45) is 4.51. The number of carbonyl (C=O) groups is 3. The van der Waals surface area contributed by atoms with E-state index in [1.54, 1.807) is 23.3 Å². The van der Waals surface area contributed by atoms with E-state index in [9.17, 15) is 14.4 Å². The Morgan fingerprint density at radius 1 is 1.45 bits per heavy atom. The number of methoxy groups -OCH3 is 1. The van der Waals surface area contributed by atoms with Gasteiger partial charge in [-0.25, -0.2) is 14.6 Å². The standard InChI is InChI=1S/C11H16N4O5/c1-20-9(16)6-8(10(17)18)14-11(19)13-3-5-15-4-2-12-7-15/h2,4,7-8H,3,5-6H2,1H3,(H,17,18)(H2,13,14,19)/t8-/m0/s1. The molecular weight excluding hydrogens is 268 g/mol. The first kappa shape index (κ1) is 15.5. The number of carboxylic acids is 1. The molecule has 0 saturated heterocycles. The Balaban J connectivity index is 2.34. The van der Waals surface area contributed by atoms with E-state index in [0.717, 1.165) is 7.11 Å². The number of rotatable bonds is 7. The van der Waals surface area contributed by atoms with Gasteiger partial charge in [-0.3, -0.25) is 4.79 Å². The van der Waals surface area contributed by atoms with Gasteiger partial charge in [-0.15, -0.1) is 0 Å². The molecule has 0 bridgehead atoms. The predicted molar refractivity (Wildman–Crippen MR) is 66.8 cm³/mol. The second kappa shape index (κ2) is 7.77. The number of carbonyl (C=O) groups excluding carboxylic acids is 2. The largest absolute Gasteiger partial charge is 0.480 e. The molecule has 9 heteroatoms. The number of hydrogen-bond acceptors (Lipinski definition) is 5. The molecule has 1 atom stereocenters. The molecule has 20 heavy (non-hydrogen) atoms. The second-order valence-corrected chi connectivity index (χ2v) is 3.87. The number of imidazole rings is 1. The SMILES string of the molecule is COC(=O)C[C@H](NC(=O)NCCn1ccnc1)C(=O)O. The van der Waals surface area contributed by atoms with Crippen LogP contribution < -0.4 is 10.6 Å². The van der Waals surface area contributed by atoms with Gasteiger partial charge in [-0.2, -0.15) is 0 Å². The summed E-state index contributed by atoms with van der Waals surface area (Å²) in [5.74, 6) is -2.02. The number of nitrogens with zero attached hydrogens (tertiary/aromatic N) is 2. The van der Waals surface area contributed by atoms with Crippen LogP contribution >= 0.6 is 0 Å². The summed E-state index contributed by atoms with van der Waals surface area (Å²) in [6.45, 7) is 0.801. The zero-order valence-corrected chi connectivity index (χ0v) is 10.9. The Morgan fingerprint density at radius 2 is 2.20 bits per heavy atom. The van der Waals surface area contributed by atoms with Crippen LogP contribution in [0.15, 0.2) is 18.7 Å². The quantitative estimate of drug-likeness (QED) is 0.563. The number of urea groups is 1. The molecule has 0 aliphatic heterocycles. The number of aromatic nitrogens is 2. The highest BCUT2D eigenvalue weighted by molar-refractivity contribution is 5.86. The molecule has 0 fully saturated rings. The number of carboxylic acid groups (broad SMARTS) is 1. The third-order valence-electron chi connectivity index (χ3n) is 2.42.